The normalized spacial score (nSPS) is 19.8. The van der Waals surface area contributed by atoms with Crippen LogP contribution in [0.3, 0.4) is 0 Å². The van der Waals surface area contributed by atoms with Crippen molar-refractivity contribution in [1.29, 1.82) is 0 Å². The number of amides is 1. The molecule has 2 rings (SSSR count). The lowest BCUT2D eigenvalue weighted by molar-refractivity contribution is -0.115. The van der Waals surface area contributed by atoms with Crippen molar-refractivity contribution in [2.45, 2.75) is 58.5 Å². The Morgan fingerprint density at radius 1 is 1.29 bits per heavy atom. The van der Waals surface area contributed by atoms with Crippen LogP contribution in [0.4, 0.5) is 0 Å². The van der Waals surface area contributed by atoms with Gasteiger partial charge in [0.15, 0.2) is 0 Å². The van der Waals surface area contributed by atoms with Gasteiger partial charge in [-0.3, -0.25) is 9.79 Å². The van der Waals surface area contributed by atoms with E-state index in [1.807, 2.05) is 13.8 Å². The molecule has 0 saturated heterocycles. The van der Waals surface area contributed by atoms with Gasteiger partial charge in [-0.05, 0) is 76.5 Å². The van der Waals surface area contributed by atoms with E-state index in [1.165, 1.54) is 31.9 Å². The van der Waals surface area contributed by atoms with Gasteiger partial charge in [-0.25, -0.2) is 0 Å². The Bertz CT molecular complexity index is 503. The van der Waals surface area contributed by atoms with Gasteiger partial charge in [0, 0.05) is 18.3 Å². The Kier molecular flexibility index (Phi) is 6.46. The van der Waals surface area contributed by atoms with Crippen LogP contribution in [-0.2, 0) is 4.79 Å². The maximum absolute atomic E-state index is 12.8. The monoisotopic (exact) mass is 332 g/mol. The first-order chi connectivity index (χ1) is 11.5. The zero-order valence-electron chi connectivity index (χ0n) is 15.2. The molecule has 0 aromatic heterocycles. The van der Waals surface area contributed by atoms with Crippen molar-refractivity contribution in [3.05, 3.63) is 24.6 Å². The summed E-state index contributed by atoms with van der Waals surface area (Å²) in [6, 6.07) is 0.000941. The fourth-order valence-electron chi connectivity index (χ4n) is 3.41. The maximum Gasteiger partial charge on any atom is 0.270 e. The van der Waals surface area contributed by atoms with Gasteiger partial charge in [0.25, 0.3) is 5.91 Å². The molecule has 0 bridgehead atoms. The number of likely N-dealkylation sites (N-methyl/N-ethyl adjacent to an activating group) is 1. The Morgan fingerprint density at radius 2 is 1.88 bits per heavy atom. The van der Waals surface area contributed by atoms with Crippen molar-refractivity contribution in [2.75, 3.05) is 6.54 Å². The van der Waals surface area contributed by atoms with Gasteiger partial charge in [0.05, 0.1) is 6.04 Å². The first-order valence-corrected chi connectivity index (χ1v) is 9.17. The molecule has 4 N–H and O–H groups in total. The van der Waals surface area contributed by atoms with Crippen LogP contribution >= 0.6 is 0 Å². The summed E-state index contributed by atoms with van der Waals surface area (Å²) in [7, 11) is 0. The average molecular weight is 332 g/mol. The number of aliphatic imine (C=N–C) groups is 1. The standard InChI is InChI=1S/C19H32N4O/c1-5-21-13(4)18(17(14-6-7-14)15-8-9-15)23-19(24)16(10-11-20)22-12(2)3/h10-12,14-15,17-18,21H,4-9,20H2,1-3H3,(H,23,24)/b11-10-,22-16?. The molecule has 5 heteroatoms. The number of carbonyl (C=O) groups is 1. The van der Waals surface area contributed by atoms with Crippen molar-refractivity contribution in [3.63, 3.8) is 0 Å². The highest BCUT2D eigenvalue weighted by atomic mass is 16.2. The van der Waals surface area contributed by atoms with Crippen LogP contribution in [0.25, 0.3) is 0 Å². The van der Waals surface area contributed by atoms with Gasteiger partial charge in [-0.15, -0.1) is 0 Å². The molecule has 2 saturated carbocycles. The number of nitrogens with one attached hydrogen (secondary N) is 2. The van der Waals surface area contributed by atoms with E-state index in [0.29, 0.717) is 23.5 Å². The Hall–Kier alpha value is -1.78. The fraction of sp³-hybridized carbons (Fsp3) is 0.684. The zero-order chi connectivity index (χ0) is 17.7. The lowest BCUT2D eigenvalue weighted by Crippen LogP contribution is -2.48. The highest BCUT2D eigenvalue weighted by Crippen LogP contribution is 2.51. The van der Waals surface area contributed by atoms with E-state index in [-0.39, 0.29) is 18.0 Å². The summed E-state index contributed by atoms with van der Waals surface area (Å²) in [4.78, 5) is 17.2. The summed E-state index contributed by atoms with van der Waals surface area (Å²) in [5, 5.41) is 6.51. The summed E-state index contributed by atoms with van der Waals surface area (Å²) in [5.74, 6) is 1.76. The number of hydrogen-bond donors (Lipinski definition) is 3. The van der Waals surface area contributed by atoms with E-state index >= 15 is 0 Å². The van der Waals surface area contributed by atoms with Gasteiger partial charge >= 0.3 is 0 Å². The van der Waals surface area contributed by atoms with Crippen molar-refractivity contribution in [2.24, 2.45) is 28.5 Å². The second kappa shape index (κ2) is 8.36. The minimum atomic E-state index is -0.166. The molecular formula is C19H32N4O. The van der Waals surface area contributed by atoms with Crippen molar-refractivity contribution in [3.8, 4) is 0 Å². The third kappa shape index (κ3) is 5.11. The van der Waals surface area contributed by atoms with Crippen LogP contribution in [0.5, 0.6) is 0 Å². The lowest BCUT2D eigenvalue weighted by atomic mass is 9.87. The molecule has 0 aromatic rings. The minimum Gasteiger partial charge on any atom is -0.405 e. The van der Waals surface area contributed by atoms with E-state index in [0.717, 1.165) is 12.2 Å². The van der Waals surface area contributed by atoms with Gasteiger partial charge in [0.2, 0.25) is 0 Å². The molecule has 2 aliphatic carbocycles. The van der Waals surface area contributed by atoms with E-state index in [1.54, 1.807) is 6.08 Å². The van der Waals surface area contributed by atoms with Crippen LogP contribution in [0.15, 0.2) is 29.5 Å². The summed E-state index contributed by atoms with van der Waals surface area (Å²) in [6.45, 7) is 11.0. The minimum absolute atomic E-state index is 0.0408. The number of hydrogen-bond acceptors (Lipinski definition) is 4. The van der Waals surface area contributed by atoms with Crippen molar-refractivity contribution >= 4 is 11.6 Å². The zero-order valence-corrected chi connectivity index (χ0v) is 15.2. The Labute approximate surface area is 145 Å². The van der Waals surface area contributed by atoms with E-state index < -0.39 is 0 Å². The van der Waals surface area contributed by atoms with Crippen LogP contribution in [0.1, 0.15) is 46.5 Å². The molecule has 1 amide bonds. The molecule has 5 nitrogen and oxygen atoms in total. The van der Waals surface area contributed by atoms with Gasteiger partial charge < -0.3 is 16.4 Å². The largest absolute Gasteiger partial charge is 0.405 e. The van der Waals surface area contributed by atoms with Crippen molar-refractivity contribution < 1.29 is 4.79 Å². The van der Waals surface area contributed by atoms with E-state index in [4.69, 9.17) is 5.73 Å². The topological polar surface area (TPSA) is 79.5 Å². The van der Waals surface area contributed by atoms with Crippen LogP contribution < -0.4 is 16.4 Å². The molecule has 0 aliphatic heterocycles. The smallest absolute Gasteiger partial charge is 0.270 e. The van der Waals surface area contributed by atoms with E-state index in [2.05, 4.69) is 29.1 Å². The molecule has 1 unspecified atom stereocenters. The predicted molar refractivity (Wildman–Crippen MR) is 99.6 cm³/mol. The first-order valence-electron chi connectivity index (χ1n) is 9.17. The molecule has 0 spiro atoms. The summed E-state index contributed by atoms with van der Waals surface area (Å²) in [5.41, 5.74) is 6.78. The SMILES string of the molecule is C=C(NCC)C(NC(=O)C(/C=C\N)=NC(C)C)C(C1CC1)C1CC1. The number of nitrogens with two attached hydrogens (primary N) is 1. The summed E-state index contributed by atoms with van der Waals surface area (Å²) in [6.07, 6.45) is 8.01. The molecule has 1 atom stereocenters. The van der Waals surface area contributed by atoms with Gasteiger partial charge in [0.1, 0.15) is 5.71 Å². The molecule has 0 aromatic carbocycles. The molecule has 0 heterocycles. The Morgan fingerprint density at radius 3 is 2.29 bits per heavy atom. The van der Waals surface area contributed by atoms with Crippen LogP contribution in [0.2, 0.25) is 0 Å². The summed E-state index contributed by atoms with van der Waals surface area (Å²) >= 11 is 0. The number of nitrogens with zero attached hydrogens (tertiary/aromatic N) is 1. The number of rotatable bonds is 10. The molecule has 134 valence electrons. The maximum atomic E-state index is 12.8. The molecule has 0 radical (unpaired) electrons. The highest BCUT2D eigenvalue weighted by molar-refractivity contribution is 6.43. The molecule has 2 fully saturated rings. The molecule has 2 aliphatic rings. The predicted octanol–water partition coefficient (Wildman–Crippen LogP) is 2.35. The second-order valence-electron chi connectivity index (χ2n) is 7.23. The van der Waals surface area contributed by atoms with Gasteiger partial charge in [-0.2, -0.15) is 0 Å². The van der Waals surface area contributed by atoms with Crippen LogP contribution in [0, 0.1) is 17.8 Å². The first kappa shape index (κ1) is 18.6. The summed E-state index contributed by atoms with van der Waals surface area (Å²) < 4.78 is 0. The van der Waals surface area contributed by atoms with Crippen molar-refractivity contribution in [1.82, 2.24) is 10.6 Å². The average Bonchev–Trinajstić information content (AvgIpc) is 3.40. The molecular weight excluding hydrogens is 300 g/mol. The third-order valence-corrected chi connectivity index (χ3v) is 4.67. The van der Waals surface area contributed by atoms with Gasteiger partial charge in [-0.1, -0.05) is 6.58 Å². The number of carbonyl (C=O) groups excluding carboxylic acids is 1. The van der Waals surface area contributed by atoms with E-state index in [9.17, 15) is 4.79 Å². The quantitative estimate of drug-likeness (QED) is 0.537. The Balaban J connectivity index is 2.17. The lowest BCUT2D eigenvalue weighted by Gasteiger charge is -2.30. The third-order valence-electron chi connectivity index (χ3n) is 4.67. The highest BCUT2D eigenvalue weighted by Gasteiger charge is 2.46. The second-order valence-corrected chi connectivity index (χ2v) is 7.23. The fourth-order valence-corrected chi connectivity index (χ4v) is 3.41. The van der Waals surface area contributed by atoms with Crippen LogP contribution in [-0.4, -0.2) is 30.2 Å². The molecule has 24 heavy (non-hydrogen) atoms.